The minimum atomic E-state index is 0.467. The average Bonchev–Trinajstić information content (AvgIpc) is 2.56. The van der Waals surface area contributed by atoms with E-state index in [2.05, 4.69) is 20.9 Å². The van der Waals surface area contributed by atoms with E-state index >= 15 is 0 Å². The Balaban J connectivity index is 2.24. The van der Waals surface area contributed by atoms with Gasteiger partial charge in [0.15, 0.2) is 0 Å². The lowest BCUT2D eigenvalue weighted by molar-refractivity contribution is 0.478. The molecule has 2 aromatic rings. The lowest BCUT2D eigenvalue weighted by Gasteiger charge is -2.03. The lowest BCUT2D eigenvalue weighted by atomic mass is 10.3. The van der Waals surface area contributed by atoms with E-state index in [4.69, 9.17) is 27.9 Å². The molecule has 6 heteroatoms. The maximum Gasteiger partial charge on any atom is 0.279 e. The third kappa shape index (κ3) is 2.84. The summed E-state index contributed by atoms with van der Waals surface area (Å²) >= 11 is 16.3. The quantitative estimate of drug-likeness (QED) is 0.775. The summed E-state index contributed by atoms with van der Waals surface area (Å²) in [5.74, 6) is 0.544. The molecule has 0 aliphatic heterocycles. The van der Waals surface area contributed by atoms with Crippen molar-refractivity contribution in [2.75, 3.05) is 0 Å². The summed E-state index contributed by atoms with van der Waals surface area (Å²) in [6.45, 7) is 0. The molecule has 0 spiro atoms. The predicted octanol–water partition coefficient (Wildman–Crippen LogP) is 5.00. The maximum absolute atomic E-state index is 5.94. The van der Waals surface area contributed by atoms with E-state index < -0.39 is 0 Å². The Kier molecular flexibility index (Phi) is 3.51. The highest BCUT2D eigenvalue weighted by Gasteiger charge is 2.06. The average molecular weight is 325 g/mol. The highest BCUT2D eigenvalue weighted by molar-refractivity contribution is 9.10. The molecule has 1 heterocycles. The van der Waals surface area contributed by atoms with E-state index in [1.807, 2.05) is 5.38 Å². The van der Waals surface area contributed by atoms with Gasteiger partial charge in [-0.2, -0.15) is 4.98 Å². The predicted molar refractivity (Wildman–Crippen MR) is 66.4 cm³/mol. The van der Waals surface area contributed by atoms with E-state index in [9.17, 15) is 0 Å². The minimum absolute atomic E-state index is 0.467. The Morgan fingerprint density at radius 2 is 2.13 bits per heavy atom. The van der Waals surface area contributed by atoms with Crippen molar-refractivity contribution in [1.29, 1.82) is 0 Å². The summed E-state index contributed by atoms with van der Waals surface area (Å²) in [6, 6.07) is 5.05. The molecule has 0 saturated heterocycles. The van der Waals surface area contributed by atoms with Crippen molar-refractivity contribution in [3.63, 3.8) is 0 Å². The molecular weight excluding hydrogens is 321 g/mol. The summed E-state index contributed by atoms with van der Waals surface area (Å²) < 4.78 is 6.21. The van der Waals surface area contributed by atoms with E-state index in [-0.39, 0.29) is 0 Å². The van der Waals surface area contributed by atoms with Gasteiger partial charge in [0, 0.05) is 10.4 Å². The second-order valence-corrected chi connectivity index (χ2v) is 5.09. The van der Waals surface area contributed by atoms with Crippen LogP contribution in [0.15, 0.2) is 28.2 Å². The summed E-state index contributed by atoms with van der Waals surface area (Å²) in [5, 5.41) is 3.41. The van der Waals surface area contributed by atoms with Crippen LogP contribution in [-0.4, -0.2) is 4.98 Å². The molecule has 0 aliphatic carbocycles. The molecule has 0 unspecified atom stereocenters. The summed E-state index contributed by atoms with van der Waals surface area (Å²) in [6.07, 6.45) is 0. The first-order chi connectivity index (χ1) is 7.15. The van der Waals surface area contributed by atoms with Gasteiger partial charge in [-0.05, 0) is 34.1 Å². The van der Waals surface area contributed by atoms with Gasteiger partial charge < -0.3 is 4.74 Å². The molecule has 0 fully saturated rings. The smallest absolute Gasteiger partial charge is 0.279 e. The third-order valence-electron chi connectivity index (χ3n) is 1.55. The molecule has 0 amide bonds. The molecule has 15 heavy (non-hydrogen) atoms. The van der Waals surface area contributed by atoms with Crippen molar-refractivity contribution < 1.29 is 4.74 Å². The number of aromatic nitrogens is 1. The van der Waals surface area contributed by atoms with Crippen molar-refractivity contribution in [2.24, 2.45) is 0 Å². The second-order valence-electron chi connectivity index (χ2n) is 2.61. The molecule has 0 bridgehead atoms. The maximum atomic E-state index is 5.94. The van der Waals surface area contributed by atoms with Crippen LogP contribution in [-0.2, 0) is 0 Å². The second kappa shape index (κ2) is 4.70. The topological polar surface area (TPSA) is 22.1 Å². The normalized spacial score (nSPS) is 10.3. The zero-order chi connectivity index (χ0) is 10.8. The number of rotatable bonds is 2. The van der Waals surface area contributed by atoms with Crippen LogP contribution in [0.4, 0.5) is 0 Å². The van der Waals surface area contributed by atoms with E-state index in [1.165, 1.54) is 11.3 Å². The third-order valence-corrected chi connectivity index (χ3v) is 3.50. The van der Waals surface area contributed by atoms with Crippen LogP contribution in [0.5, 0.6) is 10.9 Å². The molecule has 2 rings (SSSR count). The van der Waals surface area contributed by atoms with Crippen LogP contribution in [0.1, 0.15) is 0 Å². The number of hydrogen-bond donors (Lipinski definition) is 0. The Hall–Kier alpha value is -0.290. The van der Waals surface area contributed by atoms with Gasteiger partial charge in [0.2, 0.25) is 0 Å². The molecule has 1 aromatic carbocycles. The lowest BCUT2D eigenvalue weighted by Crippen LogP contribution is -1.83. The first kappa shape index (κ1) is 11.2. The Morgan fingerprint density at radius 1 is 1.33 bits per heavy atom. The fourth-order valence-electron chi connectivity index (χ4n) is 0.938. The van der Waals surface area contributed by atoms with Gasteiger partial charge in [-0.1, -0.05) is 34.5 Å². The number of hydrogen-bond acceptors (Lipinski definition) is 3. The van der Waals surface area contributed by atoms with Gasteiger partial charge >= 0.3 is 0 Å². The Morgan fingerprint density at radius 3 is 2.73 bits per heavy atom. The highest BCUT2D eigenvalue weighted by atomic mass is 79.9. The van der Waals surface area contributed by atoms with Crippen molar-refractivity contribution in [1.82, 2.24) is 4.98 Å². The Bertz CT molecular complexity index is 489. The van der Waals surface area contributed by atoms with E-state index in [1.54, 1.807) is 18.2 Å². The largest absolute Gasteiger partial charge is 0.429 e. The number of thiazole rings is 1. The van der Waals surface area contributed by atoms with Gasteiger partial charge in [0.1, 0.15) is 10.4 Å². The standard InChI is InChI=1S/C9H4BrCl2NOS/c10-8-4-15-9(13-8)14-7-2-1-5(11)3-6(7)12/h1-4H. The van der Waals surface area contributed by atoms with Crippen molar-refractivity contribution >= 4 is 50.5 Å². The molecular formula is C9H4BrCl2NOS. The fraction of sp³-hybridized carbons (Fsp3) is 0. The van der Waals surface area contributed by atoms with Crippen molar-refractivity contribution in [3.8, 4) is 10.9 Å². The number of benzene rings is 1. The molecule has 2 nitrogen and oxygen atoms in total. The van der Waals surface area contributed by atoms with Crippen LogP contribution in [0.2, 0.25) is 10.0 Å². The summed E-state index contributed by atoms with van der Waals surface area (Å²) in [5.41, 5.74) is 0. The SMILES string of the molecule is Clc1ccc(Oc2nc(Br)cs2)c(Cl)c1. The van der Waals surface area contributed by atoms with Crippen molar-refractivity contribution in [2.45, 2.75) is 0 Å². The summed E-state index contributed by atoms with van der Waals surface area (Å²) in [7, 11) is 0. The molecule has 0 N–H and O–H groups in total. The van der Waals surface area contributed by atoms with Gasteiger partial charge in [-0.25, -0.2) is 0 Å². The van der Waals surface area contributed by atoms with Crippen LogP contribution in [0, 0.1) is 0 Å². The molecule has 78 valence electrons. The van der Waals surface area contributed by atoms with Gasteiger partial charge in [0.05, 0.1) is 5.02 Å². The van der Waals surface area contributed by atoms with Gasteiger partial charge in [-0.3, -0.25) is 0 Å². The molecule has 0 aliphatic rings. The number of halogens is 3. The van der Waals surface area contributed by atoms with Crippen LogP contribution in [0.3, 0.4) is 0 Å². The number of nitrogens with zero attached hydrogens (tertiary/aromatic N) is 1. The first-order valence-electron chi connectivity index (χ1n) is 3.89. The molecule has 0 saturated carbocycles. The van der Waals surface area contributed by atoms with Crippen molar-refractivity contribution in [3.05, 3.63) is 38.2 Å². The van der Waals surface area contributed by atoms with Crippen LogP contribution in [0.25, 0.3) is 0 Å². The molecule has 0 radical (unpaired) electrons. The van der Waals surface area contributed by atoms with Gasteiger partial charge in [0.25, 0.3) is 5.19 Å². The van der Waals surface area contributed by atoms with Crippen LogP contribution >= 0.6 is 50.5 Å². The first-order valence-corrected chi connectivity index (χ1v) is 6.32. The van der Waals surface area contributed by atoms with E-state index in [0.29, 0.717) is 21.0 Å². The monoisotopic (exact) mass is 323 g/mol. The van der Waals surface area contributed by atoms with E-state index in [0.717, 1.165) is 4.60 Å². The number of ether oxygens (including phenoxy) is 1. The molecule has 0 atom stereocenters. The molecule has 1 aromatic heterocycles. The minimum Gasteiger partial charge on any atom is -0.429 e. The zero-order valence-corrected chi connectivity index (χ0v) is 11.1. The summed E-state index contributed by atoms with van der Waals surface area (Å²) in [4.78, 5) is 4.09. The highest BCUT2D eigenvalue weighted by Crippen LogP contribution is 2.33. The zero-order valence-electron chi connectivity index (χ0n) is 7.21. The van der Waals surface area contributed by atoms with Crippen LogP contribution < -0.4 is 4.74 Å². The fourth-order valence-corrected chi connectivity index (χ4v) is 2.48. The Labute approximate surface area is 109 Å². The van der Waals surface area contributed by atoms with Gasteiger partial charge in [-0.15, -0.1) is 0 Å².